The third kappa shape index (κ3) is 2.59. The number of aromatic carboxylic acids is 1. The summed E-state index contributed by atoms with van der Waals surface area (Å²) >= 11 is 0. The molecule has 1 aromatic carbocycles. The fourth-order valence-corrected chi connectivity index (χ4v) is 1.89. The first kappa shape index (κ1) is 12.8. The summed E-state index contributed by atoms with van der Waals surface area (Å²) < 4.78 is 32.2. The maximum absolute atomic E-state index is 13.6. The Labute approximate surface area is 103 Å². The Morgan fingerprint density at radius 2 is 1.94 bits per heavy atom. The summed E-state index contributed by atoms with van der Waals surface area (Å²) in [5, 5.41) is 11.5. The topological polar surface area (TPSA) is 58.6 Å². The lowest BCUT2D eigenvalue weighted by atomic mass is 10.1. The molecule has 1 fully saturated rings. The van der Waals surface area contributed by atoms with Gasteiger partial charge in [-0.15, -0.1) is 0 Å². The predicted molar refractivity (Wildman–Crippen MR) is 60.8 cm³/mol. The Morgan fingerprint density at radius 1 is 1.28 bits per heavy atom. The lowest BCUT2D eigenvalue weighted by molar-refractivity contribution is 0.0690. The predicted octanol–water partition coefficient (Wildman–Crippen LogP) is 2.25. The fraction of sp³-hybridized carbons (Fsp3) is 0.417. The van der Waals surface area contributed by atoms with E-state index in [4.69, 9.17) is 9.84 Å². The molecule has 1 heterocycles. The molecule has 18 heavy (non-hydrogen) atoms. The Kier molecular flexibility index (Phi) is 3.76. The molecule has 0 atom stereocenters. The molecule has 1 aliphatic heterocycles. The molecule has 0 radical (unpaired) electrons. The van der Waals surface area contributed by atoms with Crippen LogP contribution in [-0.2, 0) is 4.74 Å². The van der Waals surface area contributed by atoms with Gasteiger partial charge < -0.3 is 15.2 Å². The second-order valence-corrected chi connectivity index (χ2v) is 4.12. The molecule has 2 rings (SSSR count). The Bertz CT molecular complexity index is 459. The second-order valence-electron chi connectivity index (χ2n) is 4.12. The van der Waals surface area contributed by atoms with E-state index >= 15 is 0 Å². The van der Waals surface area contributed by atoms with Gasteiger partial charge in [0.1, 0.15) is 0 Å². The highest BCUT2D eigenvalue weighted by Gasteiger charge is 2.20. The van der Waals surface area contributed by atoms with Gasteiger partial charge >= 0.3 is 5.97 Å². The van der Waals surface area contributed by atoms with Gasteiger partial charge in [0.2, 0.25) is 0 Å². The van der Waals surface area contributed by atoms with Crippen LogP contribution in [0.15, 0.2) is 12.1 Å². The lowest BCUT2D eigenvalue weighted by Gasteiger charge is -2.24. The van der Waals surface area contributed by atoms with Gasteiger partial charge in [-0.1, -0.05) is 0 Å². The third-order valence-electron chi connectivity index (χ3n) is 2.89. The van der Waals surface area contributed by atoms with Crippen molar-refractivity contribution >= 4 is 11.7 Å². The second kappa shape index (κ2) is 5.30. The Morgan fingerprint density at radius 3 is 2.56 bits per heavy atom. The summed E-state index contributed by atoms with van der Waals surface area (Å²) in [6.45, 7) is 1.16. The molecule has 2 N–H and O–H groups in total. The van der Waals surface area contributed by atoms with Crippen LogP contribution in [0.1, 0.15) is 23.2 Å². The summed E-state index contributed by atoms with van der Waals surface area (Å²) in [5.74, 6) is -3.97. The number of ether oxygens (including phenoxy) is 1. The van der Waals surface area contributed by atoms with Gasteiger partial charge in [-0.25, -0.2) is 13.6 Å². The normalized spacial score (nSPS) is 16.6. The first-order valence-electron chi connectivity index (χ1n) is 5.65. The van der Waals surface area contributed by atoms with Crippen molar-refractivity contribution in [3.8, 4) is 0 Å². The molecule has 0 amide bonds. The van der Waals surface area contributed by atoms with Crippen molar-refractivity contribution in [1.29, 1.82) is 0 Å². The van der Waals surface area contributed by atoms with Crippen molar-refractivity contribution in [1.82, 2.24) is 0 Å². The number of anilines is 1. The number of benzene rings is 1. The van der Waals surface area contributed by atoms with E-state index in [2.05, 4.69) is 5.32 Å². The largest absolute Gasteiger partial charge is 0.478 e. The molecule has 6 heteroatoms. The average Bonchev–Trinajstić information content (AvgIpc) is 2.36. The maximum Gasteiger partial charge on any atom is 0.338 e. The van der Waals surface area contributed by atoms with E-state index in [0.29, 0.717) is 26.1 Å². The zero-order valence-electron chi connectivity index (χ0n) is 9.58. The molecule has 1 saturated heterocycles. The zero-order valence-corrected chi connectivity index (χ0v) is 9.58. The molecule has 0 aromatic heterocycles. The number of carbonyl (C=O) groups is 1. The van der Waals surface area contributed by atoms with E-state index in [0.717, 1.165) is 6.07 Å². The van der Waals surface area contributed by atoms with E-state index in [1.54, 1.807) is 0 Å². The van der Waals surface area contributed by atoms with Gasteiger partial charge in [-0.3, -0.25) is 0 Å². The summed E-state index contributed by atoms with van der Waals surface area (Å²) in [4.78, 5) is 10.6. The van der Waals surface area contributed by atoms with E-state index in [1.807, 2.05) is 0 Å². The van der Waals surface area contributed by atoms with Gasteiger partial charge in [0.25, 0.3) is 0 Å². The molecule has 0 spiro atoms. The number of hydrogen-bond donors (Lipinski definition) is 2. The minimum atomic E-state index is -1.48. The summed E-state index contributed by atoms with van der Waals surface area (Å²) in [7, 11) is 0. The van der Waals surface area contributed by atoms with E-state index in [9.17, 15) is 13.6 Å². The molecule has 0 saturated carbocycles. The quantitative estimate of drug-likeness (QED) is 0.872. The fourth-order valence-electron chi connectivity index (χ4n) is 1.89. The minimum absolute atomic E-state index is 0.00981. The third-order valence-corrected chi connectivity index (χ3v) is 2.89. The van der Waals surface area contributed by atoms with Gasteiger partial charge in [-0.05, 0) is 25.0 Å². The number of carboxylic acids is 1. The number of hydrogen-bond acceptors (Lipinski definition) is 3. The van der Waals surface area contributed by atoms with Crippen LogP contribution in [0.3, 0.4) is 0 Å². The molecule has 98 valence electrons. The van der Waals surface area contributed by atoms with Crippen molar-refractivity contribution in [3.05, 3.63) is 29.3 Å². The zero-order chi connectivity index (χ0) is 13.1. The number of halogens is 2. The van der Waals surface area contributed by atoms with Crippen molar-refractivity contribution in [3.63, 3.8) is 0 Å². The first-order valence-corrected chi connectivity index (χ1v) is 5.65. The highest BCUT2D eigenvalue weighted by Crippen LogP contribution is 2.23. The van der Waals surface area contributed by atoms with Crippen LogP contribution >= 0.6 is 0 Å². The van der Waals surface area contributed by atoms with Crippen LogP contribution in [0, 0.1) is 11.6 Å². The van der Waals surface area contributed by atoms with Crippen molar-refractivity contribution in [2.75, 3.05) is 18.5 Å². The summed E-state index contributed by atoms with van der Waals surface area (Å²) in [5.41, 5.74) is -0.672. The highest BCUT2D eigenvalue weighted by atomic mass is 19.2. The van der Waals surface area contributed by atoms with Gasteiger partial charge in [0.05, 0.1) is 11.3 Å². The average molecular weight is 257 g/mol. The number of carboxylic acid groups (broad SMARTS) is 1. The van der Waals surface area contributed by atoms with Gasteiger partial charge in [0.15, 0.2) is 11.6 Å². The lowest BCUT2D eigenvalue weighted by Crippen LogP contribution is -2.28. The van der Waals surface area contributed by atoms with Crippen LogP contribution < -0.4 is 5.32 Å². The Hall–Kier alpha value is -1.69. The monoisotopic (exact) mass is 257 g/mol. The summed E-state index contributed by atoms with van der Waals surface area (Å²) in [6.07, 6.45) is 1.42. The van der Waals surface area contributed by atoms with Crippen LogP contribution in [0.5, 0.6) is 0 Å². The maximum atomic E-state index is 13.6. The molecular formula is C12H13F2NO3. The number of nitrogens with one attached hydrogen (secondary N) is 1. The van der Waals surface area contributed by atoms with Gasteiger partial charge in [0, 0.05) is 19.3 Å². The molecule has 1 aliphatic rings. The van der Waals surface area contributed by atoms with Crippen molar-refractivity contribution < 1.29 is 23.4 Å². The summed E-state index contributed by atoms with van der Waals surface area (Å²) in [6, 6.07) is 2.32. The molecule has 0 bridgehead atoms. The molecule has 0 aliphatic carbocycles. The van der Waals surface area contributed by atoms with Crippen LogP contribution in [0.25, 0.3) is 0 Å². The van der Waals surface area contributed by atoms with Crippen LogP contribution in [0.2, 0.25) is 0 Å². The van der Waals surface area contributed by atoms with Gasteiger partial charge in [-0.2, -0.15) is 0 Å². The van der Waals surface area contributed by atoms with E-state index < -0.39 is 23.2 Å². The molecule has 4 nitrogen and oxygen atoms in total. The van der Waals surface area contributed by atoms with E-state index in [1.165, 1.54) is 6.07 Å². The smallest absolute Gasteiger partial charge is 0.338 e. The Balaban J connectivity index is 2.18. The highest BCUT2D eigenvalue weighted by molar-refractivity contribution is 5.88. The molecule has 0 unspecified atom stereocenters. The minimum Gasteiger partial charge on any atom is -0.478 e. The van der Waals surface area contributed by atoms with Crippen LogP contribution in [-0.4, -0.2) is 30.3 Å². The first-order chi connectivity index (χ1) is 8.59. The SMILES string of the molecule is O=C(O)c1ccc(NC2CCOCC2)c(F)c1F. The van der Waals surface area contributed by atoms with Crippen molar-refractivity contribution in [2.45, 2.75) is 18.9 Å². The number of rotatable bonds is 3. The van der Waals surface area contributed by atoms with Crippen LogP contribution in [0.4, 0.5) is 14.5 Å². The van der Waals surface area contributed by atoms with E-state index in [-0.39, 0.29) is 11.7 Å². The molecular weight excluding hydrogens is 244 g/mol. The van der Waals surface area contributed by atoms with Crippen molar-refractivity contribution in [2.24, 2.45) is 0 Å². The molecule has 1 aromatic rings. The standard InChI is InChI=1S/C12H13F2NO3/c13-10-8(12(16)17)1-2-9(11(10)14)15-7-3-5-18-6-4-7/h1-2,7,15H,3-6H2,(H,16,17).